The summed E-state index contributed by atoms with van der Waals surface area (Å²) in [5, 5.41) is 0. The van der Waals surface area contributed by atoms with Gasteiger partial charge in [-0.15, -0.1) is 0 Å². The molecule has 274 valence electrons. The number of rotatable bonds is 22. The number of hydrogen-bond donors (Lipinski definition) is 0. The first-order valence-electron chi connectivity index (χ1n) is 20.1. The van der Waals surface area contributed by atoms with Crippen molar-refractivity contribution in [3.8, 4) is 5.75 Å². The molecule has 0 bridgehead atoms. The molecular weight excluding hydrogens is 641 g/mol. The van der Waals surface area contributed by atoms with Crippen molar-refractivity contribution in [2.45, 2.75) is 161 Å². The Morgan fingerprint density at radius 3 is 2.14 bits per heavy atom. The van der Waals surface area contributed by atoms with Gasteiger partial charge in [0.15, 0.2) is 23.2 Å². The van der Waals surface area contributed by atoms with Crippen molar-refractivity contribution in [3.05, 3.63) is 65.2 Å². The van der Waals surface area contributed by atoms with Crippen LogP contribution in [0.4, 0.5) is 0 Å². The van der Waals surface area contributed by atoms with Crippen LogP contribution in [0.25, 0.3) is 0 Å². The van der Waals surface area contributed by atoms with E-state index in [9.17, 15) is 4.79 Å². The molecule has 2 aliphatic carbocycles. The van der Waals surface area contributed by atoms with Crippen molar-refractivity contribution in [1.82, 2.24) is 0 Å². The monoisotopic (exact) mass is 708 g/mol. The third kappa shape index (κ3) is 10.6. The highest BCUT2D eigenvalue weighted by Gasteiger charge is 2.48. The molecule has 0 aromatic heterocycles. The van der Waals surface area contributed by atoms with E-state index in [1.54, 1.807) is 0 Å². The smallest absolute Gasteiger partial charge is 0.344 e. The first kappa shape index (κ1) is 39.8. The van der Waals surface area contributed by atoms with E-state index in [2.05, 4.69) is 60.6 Å². The molecule has 1 fully saturated rings. The molecule has 7 heteroatoms. The fourth-order valence-corrected chi connectivity index (χ4v) is 14.8. The molecule has 0 amide bonds. The molecule has 2 aromatic rings. The van der Waals surface area contributed by atoms with Gasteiger partial charge in [0.2, 0.25) is 0 Å². The van der Waals surface area contributed by atoms with Gasteiger partial charge >= 0.3 is 5.97 Å². The number of hydrogen-bond acceptors (Lipinski definition) is 5. The Bertz CT molecular complexity index is 1240. The third-order valence-electron chi connectivity index (χ3n) is 12.5. The molecule has 0 N–H and O–H groups in total. The van der Waals surface area contributed by atoms with E-state index in [-0.39, 0.29) is 19.2 Å². The van der Waals surface area contributed by atoms with Crippen LogP contribution in [-0.2, 0) is 37.8 Å². The Balaban J connectivity index is 1.51. The minimum Gasteiger partial charge on any atom is -0.482 e. The molecule has 1 unspecified atom stereocenters. The fraction of sp³-hybridized carbons (Fsp3) is 0.690. The van der Waals surface area contributed by atoms with Gasteiger partial charge in [-0.05, 0) is 115 Å². The lowest BCUT2D eigenvalue weighted by Crippen LogP contribution is -2.42. The van der Waals surface area contributed by atoms with Crippen molar-refractivity contribution in [2.75, 3.05) is 6.61 Å². The zero-order chi connectivity index (χ0) is 35.3. The molecule has 2 aliphatic rings. The Hall–Kier alpha value is -1.94. The van der Waals surface area contributed by atoms with Crippen LogP contribution < -0.4 is 4.74 Å². The largest absolute Gasteiger partial charge is 0.482 e. The topological polar surface area (TPSA) is 54.0 Å². The zero-order valence-corrected chi connectivity index (χ0v) is 34.1. The van der Waals surface area contributed by atoms with Crippen LogP contribution in [0.3, 0.4) is 0 Å². The van der Waals surface area contributed by atoms with Crippen molar-refractivity contribution < 1.29 is 23.1 Å². The zero-order valence-electron chi connectivity index (χ0n) is 32.1. The summed E-state index contributed by atoms with van der Waals surface area (Å²) in [6.45, 7) is 16.7. The maximum Gasteiger partial charge on any atom is 0.344 e. The van der Waals surface area contributed by atoms with E-state index < -0.39 is 16.6 Å². The van der Waals surface area contributed by atoms with Crippen LogP contribution in [-0.4, -0.2) is 41.4 Å². The van der Waals surface area contributed by atoms with Crippen molar-refractivity contribution in [1.29, 1.82) is 0 Å². The lowest BCUT2D eigenvalue weighted by molar-refractivity contribution is -0.147. The predicted molar refractivity (Wildman–Crippen MR) is 208 cm³/mol. The second-order valence-electron chi connectivity index (χ2n) is 15.0. The summed E-state index contributed by atoms with van der Waals surface area (Å²) < 4.78 is 26.4. The lowest BCUT2D eigenvalue weighted by Gasteiger charge is -2.38. The van der Waals surface area contributed by atoms with Gasteiger partial charge in [0, 0.05) is 12.2 Å². The minimum atomic E-state index is -1.78. The Morgan fingerprint density at radius 2 is 1.49 bits per heavy atom. The molecule has 0 radical (unpaired) electrons. The number of benzene rings is 2. The third-order valence-corrected chi connectivity index (χ3v) is 21.9. The van der Waals surface area contributed by atoms with Gasteiger partial charge in [0.05, 0.1) is 0 Å². The molecule has 5 nitrogen and oxygen atoms in total. The maximum absolute atomic E-state index is 12.6. The summed E-state index contributed by atoms with van der Waals surface area (Å²) in [7, 11) is -3.46. The summed E-state index contributed by atoms with van der Waals surface area (Å²) in [6.07, 6.45) is 11.3. The Labute approximate surface area is 301 Å². The van der Waals surface area contributed by atoms with Gasteiger partial charge in [0.1, 0.15) is 12.4 Å². The second kappa shape index (κ2) is 19.6. The van der Waals surface area contributed by atoms with Crippen LogP contribution >= 0.6 is 0 Å². The molecule has 0 aliphatic heterocycles. The van der Waals surface area contributed by atoms with Crippen molar-refractivity contribution in [2.24, 2.45) is 17.8 Å². The van der Waals surface area contributed by atoms with Gasteiger partial charge < -0.3 is 18.3 Å². The average Bonchev–Trinajstić information content (AvgIpc) is 3.47. The summed E-state index contributed by atoms with van der Waals surface area (Å²) in [6, 6.07) is 23.5. The molecule has 5 atom stereocenters. The number of ether oxygens (including phenoxy) is 2. The summed E-state index contributed by atoms with van der Waals surface area (Å²) in [5.41, 5.74) is 3.65. The molecule has 2 aromatic carbocycles. The highest BCUT2D eigenvalue weighted by molar-refractivity contribution is 6.74. The first-order chi connectivity index (χ1) is 23.8. The van der Waals surface area contributed by atoms with Crippen LogP contribution in [0, 0.1) is 17.8 Å². The highest BCUT2D eigenvalue weighted by atomic mass is 28.4. The SMILES string of the molecule is CCCCC[C@@H](CC[C@H]1C(O[Si](CC)(CC)CC)C[C@@H]2Cc3c(cccc3OCC(=O)OCc3ccccc3)C[C@@H]21)O[Si](CC)(CC)CC. The lowest BCUT2D eigenvalue weighted by atomic mass is 9.73. The van der Waals surface area contributed by atoms with E-state index >= 15 is 0 Å². The van der Waals surface area contributed by atoms with Gasteiger partial charge in [-0.1, -0.05) is 110 Å². The standard InChI is InChI=1S/C42H68O5Si2/c1-8-15-17-24-36(46-48(9-2,10-3)11-4)26-27-37-38-28-34-23-20-25-40(44-32-42(43)45-31-33-21-18-16-19-22-33)39(34)29-35(38)30-41(37)47-49(12-5,13-6)14-7/h16,18-23,25,35-38,41H,8-15,17,24,26-32H2,1-7H3/t35-,36-,37+,38-,41?/m0/s1. The quantitative estimate of drug-likeness (QED) is 0.0692. The van der Waals surface area contributed by atoms with E-state index in [1.807, 2.05) is 36.4 Å². The highest BCUT2D eigenvalue weighted by Crippen LogP contribution is 2.51. The molecule has 0 heterocycles. The van der Waals surface area contributed by atoms with Crippen LogP contribution in [0.5, 0.6) is 5.75 Å². The van der Waals surface area contributed by atoms with E-state index in [4.69, 9.17) is 18.3 Å². The maximum atomic E-state index is 12.6. The second-order valence-corrected chi connectivity index (χ2v) is 24.5. The molecule has 0 saturated heterocycles. The van der Waals surface area contributed by atoms with Crippen LogP contribution in [0.1, 0.15) is 110 Å². The molecule has 1 saturated carbocycles. The minimum absolute atomic E-state index is 0.0686. The van der Waals surface area contributed by atoms with E-state index in [0.29, 0.717) is 30.0 Å². The Morgan fingerprint density at radius 1 is 0.796 bits per heavy atom. The van der Waals surface area contributed by atoms with Gasteiger partial charge in [0.25, 0.3) is 0 Å². The first-order valence-corrected chi connectivity index (χ1v) is 25.1. The fourth-order valence-electron chi connectivity index (χ4n) is 8.90. The normalized spacial score (nSPS) is 21.2. The van der Waals surface area contributed by atoms with Gasteiger partial charge in [-0.25, -0.2) is 4.79 Å². The van der Waals surface area contributed by atoms with Crippen LogP contribution in [0.2, 0.25) is 36.3 Å². The Kier molecular flexibility index (Phi) is 15.9. The number of esters is 1. The number of carbonyl (C=O) groups excluding carboxylic acids is 1. The summed E-state index contributed by atoms with van der Waals surface area (Å²) >= 11 is 0. The molecular formula is C42H68O5Si2. The number of carbonyl (C=O) groups is 1. The van der Waals surface area contributed by atoms with Gasteiger partial charge in [-0.3, -0.25) is 0 Å². The summed E-state index contributed by atoms with van der Waals surface area (Å²) in [4.78, 5) is 12.6. The van der Waals surface area contributed by atoms with Crippen LogP contribution in [0.15, 0.2) is 48.5 Å². The predicted octanol–water partition coefficient (Wildman–Crippen LogP) is 11.3. The van der Waals surface area contributed by atoms with Gasteiger partial charge in [-0.2, -0.15) is 0 Å². The average molecular weight is 709 g/mol. The number of fused-ring (bicyclic) bond motifs is 2. The van der Waals surface area contributed by atoms with Crippen molar-refractivity contribution >= 4 is 22.6 Å². The molecule has 4 rings (SSSR count). The summed E-state index contributed by atoms with van der Waals surface area (Å²) in [5.74, 6) is 2.26. The molecule has 49 heavy (non-hydrogen) atoms. The van der Waals surface area contributed by atoms with E-state index in [0.717, 1.165) is 37.0 Å². The number of unbranched alkanes of at least 4 members (excludes halogenated alkanes) is 2. The van der Waals surface area contributed by atoms with E-state index in [1.165, 1.54) is 79.5 Å². The molecule has 0 spiro atoms. The van der Waals surface area contributed by atoms with Crippen molar-refractivity contribution in [3.63, 3.8) is 0 Å².